The zero-order chi connectivity index (χ0) is 24.3. The Bertz CT molecular complexity index is 1290. The van der Waals surface area contributed by atoms with E-state index in [0.717, 1.165) is 16.3 Å². The summed E-state index contributed by atoms with van der Waals surface area (Å²) < 4.78 is 29.2. The van der Waals surface area contributed by atoms with E-state index in [1.807, 2.05) is 61.5 Å². The highest BCUT2D eigenvalue weighted by Crippen LogP contribution is 2.25. The van der Waals surface area contributed by atoms with E-state index in [4.69, 9.17) is 0 Å². The number of carboxylic acids is 1. The van der Waals surface area contributed by atoms with E-state index in [1.165, 1.54) is 11.0 Å². The quantitative estimate of drug-likeness (QED) is 0.539. The number of amides is 1. The fourth-order valence-corrected chi connectivity index (χ4v) is 5.68. The normalized spacial score (nSPS) is 19.6. The molecule has 0 spiro atoms. The maximum absolute atomic E-state index is 13.6. The number of hydrogen-bond donors (Lipinski definition) is 2. The molecule has 2 unspecified atom stereocenters. The number of nitrogens with one attached hydrogen (secondary N) is 1. The number of likely N-dealkylation sites (tertiary alicyclic amines) is 1. The molecule has 1 heterocycles. The molecule has 0 bridgehead atoms. The molecule has 4 rings (SSSR count). The average molecular weight is 481 g/mol. The highest BCUT2D eigenvalue weighted by atomic mass is 32.2. The summed E-state index contributed by atoms with van der Waals surface area (Å²) in [5, 5.41) is 11.4. The Kier molecular flexibility index (Phi) is 7.00. The van der Waals surface area contributed by atoms with Crippen molar-refractivity contribution < 1.29 is 23.1 Å². The third-order valence-electron chi connectivity index (χ3n) is 6.34. The number of hydrogen-bond acceptors (Lipinski definition) is 4. The summed E-state index contributed by atoms with van der Waals surface area (Å²) in [5.41, 5.74) is 0.777. The summed E-state index contributed by atoms with van der Waals surface area (Å²) in [4.78, 5) is 26.8. The van der Waals surface area contributed by atoms with Gasteiger partial charge >= 0.3 is 5.97 Å². The van der Waals surface area contributed by atoms with Crippen LogP contribution in [-0.2, 0) is 26.0 Å². The Balaban J connectivity index is 1.66. The van der Waals surface area contributed by atoms with Crippen LogP contribution in [-0.4, -0.2) is 48.9 Å². The van der Waals surface area contributed by atoms with E-state index in [1.54, 1.807) is 12.1 Å². The van der Waals surface area contributed by atoms with Gasteiger partial charge in [0.1, 0.15) is 12.1 Å². The second-order valence-corrected chi connectivity index (χ2v) is 10.6. The molecule has 8 heteroatoms. The Morgan fingerprint density at radius 1 is 1.03 bits per heavy atom. The van der Waals surface area contributed by atoms with Crippen LogP contribution < -0.4 is 4.72 Å². The minimum atomic E-state index is -4.05. The van der Waals surface area contributed by atoms with Crippen molar-refractivity contribution in [3.05, 3.63) is 78.4 Å². The molecule has 0 aliphatic carbocycles. The lowest BCUT2D eigenvalue weighted by atomic mass is 9.91. The van der Waals surface area contributed by atoms with Crippen molar-refractivity contribution in [3.63, 3.8) is 0 Å². The van der Waals surface area contributed by atoms with Crippen molar-refractivity contribution in [1.82, 2.24) is 9.62 Å². The van der Waals surface area contributed by atoms with Gasteiger partial charge in [-0.15, -0.1) is 0 Å². The molecule has 34 heavy (non-hydrogen) atoms. The highest BCUT2D eigenvalue weighted by Gasteiger charge is 2.39. The van der Waals surface area contributed by atoms with E-state index in [2.05, 4.69) is 4.72 Å². The molecule has 1 aliphatic heterocycles. The van der Waals surface area contributed by atoms with Gasteiger partial charge in [-0.05, 0) is 53.6 Å². The number of aliphatic carboxylic acids is 1. The van der Waals surface area contributed by atoms with Crippen molar-refractivity contribution in [3.8, 4) is 0 Å². The largest absolute Gasteiger partial charge is 0.480 e. The van der Waals surface area contributed by atoms with Crippen molar-refractivity contribution >= 4 is 32.7 Å². The monoisotopic (exact) mass is 480 g/mol. The number of benzene rings is 3. The molecule has 178 valence electrons. The molecule has 2 N–H and O–H groups in total. The first-order valence-electron chi connectivity index (χ1n) is 11.3. The lowest BCUT2D eigenvalue weighted by Gasteiger charge is -2.38. The molecule has 0 saturated carbocycles. The molecule has 3 atom stereocenters. The predicted molar refractivity (Wildman–Crippen MR) is 130 cm³/mol. The second-order valence-electron chi connectivity index (χ2n) is 8.89. The van der Waals surface area contributed by atoms with Gasteiger partial charge in [-0.1, -0.05) is 67.6 Å². The molecule has 3 aromatic carbocycles. The number of nitrogens with zero attached hydrogens (tertiary/aromatic N) is 1. The first kappa shape index (κ1) is 23.9. The van der Waals surface area contributed by atoms with E-state index in [-0.39, 0.29) is 23.8 Å². The smallest absolute Gasteiger partial charge is 0.326 e. The van der Waals surface area contributed by atoms with Crippen LogP contribution in [0.3, 0.4) is 0 Å². The summed E-state index contributed by atoms with van der Waals surface area (Å²) >= 11 is 0. The van der Waals surface area contributed by atoms with Crippen LogP contribution >= 0.6 is 0 Å². The Morgan fingerprint density at radius 2 is 1.71 bits per heavy atom. The van der Waals surface area contributed by atoms with Crippen LogP contribution in [0.1, 0.15) is 25.3 Å². The minimum Gasteiger partial charge on any atom is -0.480 e. The summed E-state index contributed by atoms with van der Waals surface area (Å²) in [6, 6.07) is 19.2. The van der Waals surface area contributed by atoms with Crippen molar-refractivity contribution in [2.75, 3.05) is 6.54 Å². The maximum Gasteiger partial charge on any atom is 0.326 e. The van der Waals surface area contributed by atoms with Gasteiger partial charge in [-0.2, -0.15) is 4.72 Å². The predicted octanol–water partition coefficient (Wildman–Crippen LogP) is 3.44. The van der Waals surface area contributed by atoms with E-state index >= 15 is 0 Å². The number of rotatable bonds is 7. The lowest BCUT2D eigenvalue weighted by Crippen LogP contribution is -2.57. The molecule has 3 aromatic rings. The summed E-state index contributed by atoms with van der Waals surface area (Å²) in [6.45, 7) is 2.24. The van der Waals surface area contributed by atoms with Crippen LogP contribution in [0.2, 0.25) is 0 Å². The van der Waals surface area contributed by atoms with Gasteiger partial charge in [0.25, 0.3) is 0 Å². The van der Waals surface area contributed by atoms with Crippen LogP contribution in [0.15, 0.2) is 77.7 Å². The number of sulfonamides is 1. The van der Waals surface area contributed by atoms with Crippen molar-refractivity contribution in [1.29, 1.82) is 0 Å². The summed E-state index contributed by atoms with van der Waals surface area (Å²) in [6.07, 6.45) is 1.13. The first-order valence-corrected chi connectivity index (χ1v) is 12.8. The van der Waals surface area contributed by atoms with Crippen LogP contribution in [0.25, 0.3) is 10.8 Å². The molecule has 1 aliphatic rings. The molecule has 1 fully saturated rings. The standard InChI is InChI=1S/C26H28N2O5S/c1-18-13-14-28(24(15-18)26(30)31)25(29)23(16-19-7-3-2-4-8-19)27-34(32,33)22-12-11-20-9-5-6-10-21(20)17-22/h2-12,17-18,23-24,27H,13-16H2,1H3,(H,30,31)/t18?,23-,24?/m0/s1. The van der Waals surface area contributed by atoms with Gasteiger partial charge in [-0.3, -0.25) is 4.79 Å². The van der Waals surface area contributed by atoms with Gasteiger partial charge in [0.05, 0.1) is 4.90 Å². The number of piperidine rings is 1. The molecule has 0 radical (unpaired) electrons. The Labute approximate surface area is 199 Å². The van der Waals surface area contributed by atoms with Gasteiger partial charge in [-0.25, -0.2) is 13.2 Å². The average Bonchev–Trinajstić information content (AvgIpc) is 2.83. The first-order chi connectivity index (χ1) is 16.2. The van der Waals surface area contributed by atoms with Crippen LogP contribution in [0.5, 0.6) is 0 Å². The maximum atomic E-state index is 13.6. The number of fused-ring (bicyclic) bond motifs is 1. The zero-order valence-electron chi connectivity index (χ0n) is 18.9. The Morgan fingerprint density at radius 3 is 2.41 bits per heavy atom. The Hall–Kier alpha value is -3.23. The number of carbonyl (C=O) groups excluding carboxylic acids is 1. The molecular weight excluding hydrogens is 452 g/mol. The third-order valence-corrected chi connectivity index (χ3v) is 7.81. The minimum absolute atomic E-state index is 0.0547. The topological polar surface area (TPSA) is 104 Å². The van der Waals surface area contributed by atoms with E-state index < -0.39 is 34.0 Å². The molecule has 1 amide bonds. The van der Waals surface area contributed by atoms with Gasteiger partial charge in [0, 0.05) is 6.54 Å². The van der Waals surface area contributed by atoms with Crippen LogP contribution in [0, 0.1) is 5.92 Å². The third kappa shape index (κ3) is 5.29. The molecule has 7 nitrogen and oxygen atoms in total. The SMILES string of the molecule is CC1CCN(C(=O)[C@H](Cc2ccccc2)NS(=O)(=O)c2ccc3ccccc3c2)C(C(=O)O)C1. The van der Waals surface area contributed by atoms with Gasteiger partial charge < -0.3 is 10.0 Å². The van der Waals surface area contributed by atoms with Crippen LogP contribution in [0.4, 0.5) is 0 Å². The zero-order valence-corrected chi connectivity index (χ0v) is 19.7. The fourth-order valence-electron chi connectivity index (χ4n) is 4.46. The highest BCUT2D eigenvalue weighted by molar-refractivity contribution is 7.89. The molecule has 0 aromatic heterocycles. The van der Waals surface area contributed by atoms with Crippen molar-refractivity contribution in [2.24, 2.45) is 5.92 Å². The fraction of sp³-hybridized carbons (Fsp3) is 0.308. The summed E-state index contributed by atoms with van der Waals surface area (Å²) in [5.74, 6) is -1.42. The number of carbonyl (C=O) groups is 2. The van der Waals surface area contributed by atoms with Gasteiger partial charge in [0.2, 0.25) is 15.9 Å². The van der Waals surface area contributed by atoms with Crippen molar-refractivity contribution in [2.45, 2.75) is 43.2 Å². The molecule has 1 saturated heterocycles. The second kappa shape index (κ2) is 9.95. The summed E-state index contributed by atoms with van der Waals surface area (Å²) in [7, 11) is -4.05. The van der Waals surface area contributed by atoms with E-state index in [0.29, 0.717) is 12.8 Å². The molecular formula is C26H28N2O5S. The number of carboxylic acid groups (broad SMARTS) is 1. The van der Waals surface area contributed by atoms with E-state index in [9.17, 15) is 23.1 Å². The van der Waals surface area contributed by atoms with Gasteiger partial charge in [0.15, 0.2) is 0 Å². The lowest BCUT2D eigenvalue weighted by molar-refractivity contribution is -0.153.